The van der Waals surface area contributed by atoms with Gasteiger partial charge in [-0.15, -0.1) is 0 Å². The van der Waals surface area contributed by atoms with Crippen molar-refractivity contribution in [2.24, 2.45) is 40.4 Å². The van der Waals surface area contributed by atoms with Gasteiger partial charge in [0.2, 0.25) is 0 Å². The molecule has 5 aliphatic rings. The lowest BCUT2D eigenvalue weighted by atomic mass is 9.46. The van der Waals surface area contributed by atoms with Crippen molar-refractivity contribution in [2.45, 2.75) is 141 Å². The van der Waals surface area contributed by atoms with Gasteiger partial charge in [-0.3, -0.25) is 4.79 Å². The van der Waals surface area contributed by atoms with Crippen LogP contribution >= 0.6 is 0 Å². The molecule has 0 bridgehead atoms. The van der Waals surface area contributed by atoms with Gasteiger partial charge in [0.15, 0.2) is 5.78 Å². The van der Waals surface area contributed by atoms with Crippen LogP contribution in [0.3, 0.4) is 0 Å². The zero-order valence-electron chi connectivity index (χ0n) is 26.3. The summed E-state index contributed by atoms with van der Waals surface area (Å²) in [7, 11) is 0. The third-order valence-corrected chi connectivity index (χ3v) is 13.2. The summed E-state index contributed by atoms with van der Waals surface area (Å²) in [6, 6.07) is 0. The number of hydrogen-bond donors (Lipinski definition) is 4. The SMILES string of the molecule is CCCCCO[C@H]1CC[C@@]2(C)[C@@H](C1)C(=O)C=C1[C@@H]2CC[C@]2(C)[C@@H]([C@](C)(O)[C@H](O)[C@H]3O[C@H](CO)[C@H](C)[C@H]3C)CC[C@@]12O. The van der Waals surface area contributed by atoms with Crippen LogP contribution in [0, 0.1) is 40.4 Å². The van der Waals surface area contributed by atoms with Gasteiger partial charge in [-0.25, -0.2) is 0 Å². The lowest BCUT2D eigenvalue weighted by Crippen LogP contribution is -2.63. The predicted octanol–water partition coefficient (Wildman–Crippen LogP) is 4.58. The first kappa shape index (κ1) is 31.6. The van der Waals surface area contributed by atoms with Crippen LogP contribution in [0.5, 0.6) is 0 Å². The van der Waals surface area contributed by atoms with Crippen molar-refractivity contribution in [3.05, 3.63) is 11.6 Å². The molecule has 0 amide bonds. The minimum absolute atomic E-state index is 0.0289. The van der Waals surface area contributed by atoms with E-state index in [4.69, 9.17) is 9.47 Å². The van der Waals surface area contributed by atoms with Gasteiger partial charge in [-0.1, -0.05) is 47.5 Å². The second-order valence-corrected chi connectivity index (χ2v) is 15.2. The number of rotatable bonds is 9. The second-order valence-electron chi connectivity index (χ2n) is 15.2. The Hall–Kier alpha value is -0.830. The van der Waals surface area contributed by atoms with Gasteiger partial charge in [0.1, 0.15) is 6.10 Å². The van der Waals surface area contributed by atoms with Gasteiger partial charge in [-0.2, -0.15) is 0 Å². The zero-order valence-corrected chi connectivity index (χ0v) is 26.3. The quantitative estimate of drug-likeness (QED) is 0.297. The molecule has 1 heterocycles. The fraction of sp³-hybridized carbons (Fsp3) is 0.912. The summed E-state index contributed by atoms with van der Waals surface area (Å²) in [5.41, 5.74) is -2.74. The van der Waals surface area contributed by atoms with E-state index in [-0.39, 0.29) is 59.6 Å². The van der Waals surface area contributed by atoms with Crippen LogP contribution < -0.4 is 0 Å². The van der Waals surface area contributed by atoms with Crippen LogP contribution in [-0.4, -0.2) is 75.0 Å². The molecule has 1 saturated heterocycles. The fourth-order valence-electron chi connectivity index (χ4n) is 10.2. The summed E-state index contributed by atoms with van der Waals surface area (Å²) in [5.74, 6) is -0.180. The molecular formula is C34H56O7. The third kappa shape index (κ3) is 4.80. The normalized spacial score (nSPS) is 48.1. The molecular weight excluding hydrogens is 520 g/mol. The highest BCUT2D eigenvalue weighted by Gasteiger charge is 2.69. The summed E-state index contributed by atoms with van der Waals surface area (Å²) in [6.07, 6.45) is 8.40. The van der Waals surface area contributed by atoms with Gasteiger partial charge in [0, 0.05) is 17.9 Å². The molecule has 5 rings (SSSR count). The molecule has 1 aliphatic heterocycles. The molecule has 0 aromatic rings. The molecule has 41 heavy (non-hydrogen) atoms. The predicted molar refractivity (Wildman–Crippen MR) is 157 cm³/mol. The standard InChI is InChI=1S/C34H56O7/c1-7-8-9-16-40-22-10-13-31(4)23-11-14-32(5)28(12-15-34(32,39)24(23)18-26(36)25(31)17-22)33(6,38)30(37)29-21(3)20(2)27(19-35)41-29/h18,20-23,25,27-30,35,37-39H,7-17,19H2,1-6H3/t20-,21-,22+,23+,25+,27-,28+,29+,30-,31-,32-,33+,34-/m1/s1. The average molecular weight is 577 g/mol. The van der Waals surface area contributed by atoms with E-state index in [0.29, 0.717) is 12.8 Å². The van der Waals surface area contributed by atoms with Crippen molar-refractivity contribution < 1.29 is 34.7 Å². The lowest BCUT2D eigenvalue weighted by molar-refractivity contribution is -0.197. The number of carbonyl (C=O) groups excluding carboxylic acids is 1. The highest BCUT2D eigenvalue weighted by Crippen LogP contribution is 2.68. The molecule has 234 valence electrons. The average Bonchev–Trinajstić information content (AvgIpc) is 3.39. The largest absolute Gasteiger partial charge is 0.394 e. The number of aliphatic hydroxyl groups is 4. The van der Waals surface area contributed by atoms with Crippen molar-refractivity contribution in [2.75, 3.05) is 13.2 Å². The molecule has 0 unspecified atom stereocenters. The molecule has 4 aliphatic carbocycles. The van der Waals surface area contributed by atoms with Crippen LogP contribution in [0.2, 0.25) is 0 Å². The molecule has 13 atom stereocenters. The van der Waals surface area contributed by atoms with Crippen molar-refractivity contribution in [3.8, 4) is 0 Å². The van der Waals surface area contributed by atoms with Crippen LogP contribution in [0.25, 0.3) is 0 Å². The molecule has 7 nitrogen and oxygen atoms in total. The molecule has 0 radical (unpaired) electrons. The number of aliphatic hydroxyl groups excluding tert-OH is 2. The minimum Gasteiger partial charge on any atom is -0.394 e. The molecule has 4 N–H and O–H groups in total. The van der Waals surface area contributed by atoms with E-state index in [1.54, 1.807) is 13.0 Å². The van der Waals surface area contributed by atoms with Gasteiger partial charge >= 0.3 is 0 Å². The Bertz CT molecular complexity index is 1010. The van der Waals surface area contributed by atoms with Gasteiger partial charge in [0.25, 0.3) is 0 Å². The van der Waals surface area contributed by atoms with Crippen LogP contribution in [-0.2, 0) is 14.3 Å². The number of hydrogen-bond acceptors (Lipinski definition) is 7. The van der Waals surface area contributed by atoms with Crippen LogP contribution in [0.4, 0.5) is 0 Å². The van der Waals surface area contributed by atoms with Crippen molar-refractivity contribution in [1.82, 2.24) is 0 Å². The Morgan fingerprint density at radius 1 is 1.10 bits per heavy atom. The van der Waals surface area contributed by atoms with E-state index in [1.807, 2.05) is 13.8 Å². The number of allylic oxidation sites excluding steroid dienone is 1. The molecule has 0 aromatic carbocycles. The highest BCUT2D eigenvalue weighted by molar-refractivity contribution is 5.95. The van der Waals surface area contributed by atoms with E-state index in [9.17, 15) is 25.2 Å². The maximum absolute atomic E-state index is 13.8. The van der Waals surface area contributed by atoms with Gasteiger partial charge < -0.3 is 29.9 Å². The first-order chi connectivity index (χ1) is 19.3. The van der Waals surface area contributed by atoms with E-state index in [1.165, 1.54) is 0 Å². The maximum Gasteiger partial charge on any atom is 0.159 e. The number of fused-ring (bicyclic) bond motifs is 5. The fourth-order valence-corrected chi connectivity index (χ4v) is 10.2. The summed E-state index contributed by atoms with van der Waals surface area (Å²) in [4.78, 5) is 13.8. The van der Waals surface area contributed by atoms with E-state index < -0.39 is 28.8 Å². The van der Waals surface area contributed by atoms with Crippen LogP contribution in [0.1, 0.15) is 106 Å². The summed E-state index contributed by atoms with van der Waals surface area (Å²) < 4.78 is 12.3. The van der Waals surface area contributed by atoms with Crippen molar-refractivity contribution in [3.63, 3.8) is 0 Å². The first-order valence-electron chi connectivity index (χ1n) is 16.5. The summed E-state index contributed by atoms with van der Waals surface area (Å²) >= 11 is 0. The Balaban J connectivity index is 1.38. The van der Waals surface area contributed by atoms with Gasteiger partial charge in [-0.05, 0) is 99.0 Å². The smallest absolute Gasteiger partial charge is 0.159 e. The topological polar surface area (TPSA) is 116 Å². The number of ketones is 1. The molecule has 7 heteroatoms. The Morgan fingerprint density at radius 2 is 1.83 bits per heavy atom. The Kier molecular flexibility index (Phi) is 8.68. The first-order valence-corrected chi connectivity index (χ1v) is 16.5. The Labute approximate surface area is 247 Å². The zero-order chi connectivity index (χ0) is 30.0. The van der Waals surface area contributed by atoms with Crippen LogP contribution in [0.15, 0.2) is 11.6 Å². The third-order valence-electron chi connectivity index (χ3n) is 13.2. The van der Waals surface area contributed by atoms with E-state index >= 15 is 0 Å². The lowest BCUT2D eigenvalue weighted by Gasteiger charge is -2.60. The molecule has 0 aromatic heterocycles. The minimum atomic E-state index is -1.51. The second kappa shape index (κ2) is 11.3. The maximum atomic E-state index is 13.8. The number of carbonyl (C=O) groups is 1. The number of unbranched alkanes of at least 4 members (excludes halogenated alkanes) is 2. The number of ether oxygens (including phenoxy) is 2. The summed E-state index contributed by atoms with van der Waals surface area (Å²) in [6.45, 7) is 12.9. The van der Waals surface area contributed by atoms with E-state index in [0.717, 1.165) is 63.5 Å². The molecule has 4 fully saturated rings. The van der Waals surface area contributed by atoms with Gasteiger partial charge in [0.05, 0.1) is 36.1 Å². The Morgan fingerprint density at radius 3 is 2.49 bits per heavy atom. The van der Waals surface area contributed by atoms with E-state index in [2.05, 4.69) is 20.8 Å². The monoisotopic (exact) mass is 576 g/mol. The molecule has 0 spiro atoms. The van der Waals surface area contributed by atoms with Crippen molar-refractivity contribution >= 4 is 5.78 Å². The summed E-state index contributed by atoms with van der Waals surface area (Å²) in [5, 5.41) is 46.0. The molecule has 3 saturated carbocycles. The van der Waals surface area contributed by atoms with Crippen molar-refractivity contribution in [1.29, 1.82) is 0 Å². The highest BCUT2D eigenvalue weighted by atomic mass is 16.5.